The van der Waals surface area contributed by atoms with E-state index in [2.05, 4.69) is 5.32 Å². The molecule has 0 aromatic heterocycles. The summed E-state index contributed by atoms with van der Waals surface area (Å²) in [6.07, 6.45) is 0. The maximum Gasteiger partial charge on any atom is 0.320 e. The molecule has 0 unspecified atom stereocenters. The molecule has 0 aromatic rings. The number of hydrogen-bond acceptors (Lipinski definition) is 4. The van der Waals surface area contributed by atoms with Crippen molar-refractivity contribution in [3.8, 4) is 0 Å². The first-order chi connectivity index (χ1) is 8.29. The first-order valence-corrected chi connectivity index (χ1v) is 6.02. The Morgan fingerprint density at radius 3 is 2.18 bits per heavy atom. The van der Waals surface area contributed by atoms with E-state index >= 15 is 0 Å². The molecule has 1 aliphatic rings. The van der Waals surface area contributed by atoms with E-state index in [-0.39, 0.29) is 6.03 Å². The second kappa shape index (κ2) is 8.27. The van der Waals surface area contributed by atoms with E-state index in [9.17, 15) is 4.79 Å². The average Bonchev–Trinajstić information content (AvgIpc) is 2.39. The first kappa shape index (κ1) is 14.2. The molecule has 0 radical (unpaired) electrons. The highest BCUT2D eigenvalue weighted by Gasteiger charge is 2.21. The fraction of sp³-hybridized carbons (Fsp3) is 0.909. The molecule has 1 heterocycles. The van der Waals surface area contributed by atoms with Gasteiger partial charge in [0.25, 0.3) is 0 Å². The maximum atomic E-state index is 12.2. The highest BCUT2D eigenvalue weighted by molar-refractivity contribution is 5.74. The lowest BCUT2D eigenvalue weighted by Gasteiger charge is -2.33. The minimum atomic E-state index is 0.0839. The third kappa shape index (κ3) is 4.89. The van der Waals surface area contributed by atoms with Crippen molar-refractivity contribution in [2.45, 2.75) is 0 Å². The first-order valence-electron chi connectivity index (χ1n) is 6.02. The van der Waals surface area contributed by atoms with Crippen LogP contribution < -0.4 is 5.32 Å². The van der Waals surface area contributed by atoms with Gasteiger partial charge in [-0.2, -0.15) is 0 Å². The second-order valence-corrected chi connectivity index (χ2v) is 3.99. The van der Waals surface area contributed by atoms with Crippen molar-refractivity contribution in [3.05, 3.63) is 0 Å². The normalized spacial score (nSPS) is 16.0. The van der Waals surface area contributed by atoms with Crippen LogP contribution in [0.25, 0.3) is 0 Å². The predicted octanol–water partition coefficient (Wildman–Crippen LogP) is -0.394. The summed E-state index contributed by atoms with van der Waals surface area (Å²) in [7, 11) is 3.29. The summed E-state index contributed by atoms with van der Waals surface area (Å²) in [5.74, 6) is 0. The molecule has 100 valence electrons. The lowest BCUT2D eigenvalue weighted by molar-refractivity contribution is 0.101. The predicted molar refractivity (Wildman–Crippen MR) is 65.2 cm³/mol. The fourth-order valence-corrected chi connectivity index (χ4v) is 1.76. The molecule has 0 aliphatic carbocycles. The number of urea groups is 1. The zero-order valence-electron chi connectivity index (χ0n) is 10.8. The van der Waals surface area contributed by atoms with E-state index in [1.165, 1.54) is 0 Å². The molecule has 1 rings (SSSR count). The molecule has 1 saturated heterocycles. The van der Waals surface area contributed by atoms with E-state index in [0.717, 1.165) is 26.2 Å². The lowest BCUT2D eigenvalue weighted by Crippen LogP contribution is -2.52. The van der Waals surface area contributed by atoms with Crippen LogP contribution in [0, 0.1) is 0 Å². The Hall–Kier alpha value is -0.850. The molecular formula is C11H23N3O3. The minimum absolute atomic E-state index is 0.0839. The van der Waals surface area contributed by atoms with Gasteiger partial charge in [0.05, 0.1) is 13.2 Å². The van der Waals surface area contributed by atoms with Crippen molar-refractivity contribution >= 4 is 6.03 Å². The summed E-state index contributed by atoms with van der Waals surface area (Å²) in [6, 6.07) is 0.0839. The Labute approximate surface area is 103 Å². The monoisotopic (exact) mass is 245 g/mol. The van der Waals surface area contributed by atoms with Gasteiger partial charge in [-0.05, 0) is 0 Å². The third-order valence-corrected chi connectivity index (χ3v) is 2.79. The molecule has 6 nitrogen and oxygen atoms in total. The summed E-state index contributed by atoms with van der Waals surface area (Å²) >= 11 is 0. The van der Waals surface area contributed by atoms with Crippen molar-refractivity contribution in [3.63, 3.8) is 0 Å². The van der Waals surface area contributed by atoms with E-state index in [4.69, 9.17) is 9.47 Å². The fourth-order valence-electron chi connectivity index (χ4n) is 1.76. The standard InChI is InChI=1S/C11H23N3O3/c1-16-9-7-14(8-10-17-2)11(15)13-5-3-12-4-6-13/h12H,3-10H2,1-2H3. The van der Waals surface area contributed by atoms with Crippen molar-refractivity contribution < 1.29 is 14.3 Å². The summed E-state index contributed by atoms with van der Waals surface area (Å²) in [5.41, 5.74) is 0. The summed E-state index contributed by atoms with van der Waals surface area (Å²) in [6.45, 7) is 5.63. The van der Waals surface area contributed by atoms with E-state index in [1.54, 1.807) is 19.1 Å². The van der Waals surface area contributed by atoms with Crippen molar-refractivity contribution in [1.82, 2.24) is 15.1 Å². The lowest BCUT2D eigenvalue weighted by atomic mass is 10.3. The quantitative estimate of drug-likeness (QED) is 0.692. The number of carbonyl (C=O) groups is 1. The van der Waals surface area contributed by atoms with Gasteiger partial charge in [-0.3, -0.25) is 0 Å². The maximum absolute atomic E-state index is 12.2. The number of amides is 2. The Kier molecular flexibility index (Phi) is 6.91. The number of rotatable bonds is 6. The molecule has 6 heteroatoms. The highest BCUT2D eigenvalue weighted by Crippen LogP contribution is 2.01. The minimum Gasteiger partial charge on any atom is -0.383 e. The summed E-state index contributed by atoms with van der Waals surface area (Å²) in [5, 5.41) is 3.23. The van der Waals surface area contributed by atoms with Crippen molar-refractivity contribution in [2.75, 3.05) is 66.7 Å². The smallest absolute Gasteiger partial charge is 0.320 e. The number of hydrogen-bond donors (Lipinski definition) is 1. The van der Waals surface area contributed by atoms with Gasteiger partial charge < -0.3 is 24.6 Å². The summed E-state index contributed by atoms with van der Waals surface area (Å²) < 4.78 is 10.0. The van der Waals surface area contributed by atoms with Crippen LogP contribution in [0.4, 0.5) is 4.79 Å². The van der Waals surface area contributed by atoms with Gasteiger partial charge in [0.2, 0.25) is 0 Å². The number of nitrogens with zero attached hydrogens (tertiary/aromatic N) is 2. The number of ether oxygens (including phenoxy) is 2. The van der Waals surface area contributed by atoms with Gasteiger partial charge in [-0.15, -0.1) is 0 Å². The number of piperazine rings is 1. The van der Waals surface area contributed by atoms with E-state index in [1.807, 2.05) is 4.90 Å². The molecule has 17 heavy (non-hydrogen) atoms. The zero-order chi connectivity index (χ0) is 12.5. The van der Waals surface area contributed by atoms with Gasteiger partial charge in [0.15, 0.2) is 0 Å². The van der Waals surface area contributed by atoms with Crippen LogP contribution in [-0.4, -0.2) is 82.5 Å². The van der Waals surface area contributed by atoms with Crippen LogP contribution in [-0.2, 0) is 9.47 Å². The third-order valence-electron chi connectivity index (χ3n) is 2.79. The van der Waals surface area contributed by atoms with Crippen LogP contribution in [0.1, 0.15) is 0 Å². The van der Waals surface area contributed by atoms with Gasteiger partial charge in [-0.25, -0.2) is 4.79 Å². The van der Waals surface area contributed by atoms with Crippen molar-refractivity contribution in [2.24, 2.45) is 0 Å². The van der Waals surface area contributed by atoms with Crippen LogP contribution in [0.3, 0.4) is 0 Å². The topological polar surface area (TPSA) is 54.0 Å². The van der Waals surface area contributed by atoms with Crippen LogP contribution >= 0.6 is 0 Å². The molecule has 0 spiro atoms. The molecule has 1 fully saturated rings. The van der Waals surface area contributed by atoms with Gasteiger partial charge in [-0.1, -0.05) is 0 Å². The van der Waals surface area contributed by atoms with Gasteiger partial charge >= 0.3 is 6.03 Å². The molecule has 1 aliphatic heterocycles. The SMILES string of the molecule is COCCN(CCOC)C(=O)N1CCNCC1. The number of carbonyl (C=O) groups excluding carboxylic acids is 1. The van der Waals surface area contributed by atoms with Crippen LogP contribution in [0.15, 0.2) is 0 Å². The van der Waals surface area contributed by atoms with Gasteiger partial charge in [0.1, 0.15) is 0 Å². The van der Waals surface area contributed by atoms with E-state index < -0.39 is 0 Å². The molecule has 0 atom stereocenters. The number of methoxy groups -OCH3 is 2. The Morgan fingerprint density at radius 2 is 1.71 bits per heavy atom. The molecule has 0 saturated carbocycles. The van der Waals surface area contributed by atoms with Gasteiger partial charge in [0, 0.05) is 53.5 Å². The molecule has 0 bridgehead atoms. The molecule has 0 aromatic carbocycles. The Bertz CT molecular complexity index is 212. The second-order valence-electron chi connectivity index (χ2n) is 3.99. The highest BCUT2D eigenvalue weighted by atomic mass is 16.5. The molecule has 2 amide bonds. The largest absolute Gasteiger partial charge is 0.383 e. The average molecular weight is 245 g/mol. The Balaban J connectivity index is 2.44. The van der Waals surface area contributed by atoms with E-state index in [0.29, 0.717) is 26.3 Å². The van der Waals surface area contributed by atoms with Crippen LogP contribution in [0.5, 0.6) is 0 Å². The summed E-state index contributed by atoms with van der Waals surface area (Å²) in [4.78, 5) is 15.9. The Morgan fingerprint density at radius 1 is 1.18 bits per heavy atom. The molecular weight excluding hydrogens is 222 g/mol. The van der Waals surface area contributed by atoms with Crippen molar-refractivity contribution in [1.29, 1.82) is 0 Å². The molecule has 1 N–H and O–H groups in total. The zero-order valence-corrected chi connectivity index (χ0v) is 10.8. The number of nitrogens with one attached hydrogen (secondary N) is 1. The van der Waals surface area contributed by atoms with Crippen LogP contribution in [0.2, 0.25) is 0 Å².